The van der Waals surface area contributed by atoms with Gasteiger partial charge in [-0.2, -0.15) is 0 Å². The zero-order valence-electron chi connectivity index (χ0n) is 7.63. The predicted molar refractivity (Wildman–Crippen MR) is 49.4 cm³/mol. The summed E-state index contributed by atoms with van der Waals surface area (Å²) in [6.07, 6.45) is 9.67. The van der Waals surface area contributed by atoms with Gasteiger partial charge in [-0.05, 0) is 0 Å². The van der Waals surface area contributed by atoms with E-state index in [1.165, 1.54) is 4.00 Å². The molecule has 1 aromatic rings. The molecule has 1 aliphatic carbocycles. The average molecular weight is 264 g/mol. The zero-order chi connectivity index (χ0) is 8.39. The van der Waals surface area contributed by atoms with E-state index in [2.05, 4.69) is 40.2 Å². The van der Waals surface area contributed by atoms with E-state index in [4.69, 9.17) is 0 Å². The second kappa shape index (κ2) is 6.42. The molecule has 2 rings (SSSR count). The van der Waals surface area contributed by atoms with Crippen LogP contribution in [0.4, 0.5) is 0 Å². The molecule has 1 N–H and O–H groups in total. The molecule has 14 heavy (non-hydrogen) atoms. The first-order valence-corrected chi connectivity index (χ1v) is 6.73. The summed E-state index contributed by atoms with van der Waals surface area (Å²) >= 11 is -1.34. The van der Waals surface area contributed by atoms with E-state index in [0.29, 0.717) is 0 Å². The first-order chi connectivity index (χ1) is 5.88. The summed E-state index contributed by atoms with van der Waals surface area (Å²) in [5.41, 5.74) is 0. The smallest absolute Gasteiger partial charge is 1.00 e. The number of rotatable bonds is 2. The normalized spacial score (nSPS) is 12.1. The number of hydrogen-bond acceptors (Lipinski definition) is 0. The van der Waals surface area contributed by atoms with Crippen molar-refractivity contribution in [1.82, 2.24) is 4.98 Å². The molecule has 0 spiro atoms. The molecule has 1 aliphatic rings. The van der Waals surface area contributed by atoms with Crippen LogP contribution in [-0.4, -0.2) is 9.80 Å². The SMILES string of the molecule is [CH2]=[Ti+2]([C]1=CC=CC1)[c]1ccc[nH]1.[Cl-].[Cl-]. The summed E-state index contributed by atoms with van der Waals surface area (Å²) in [4.78, 5) is 7.55. The van der Waals surface area contributed by atoms with Gasteiger partial charge in [-0.3, -0.25) is 0 Å². The van der Waals surface area contributed by atoms with Crippen LogP contribution in [0.1, 0.15) is 6.42 Å². The Morgan fingerprint density at radius 2 is 2.14 bits per heavy atom. The van der Waals surface area contributed by atoms with Crippen LogP contribution in [0.25, 0.3) is 0 Å². The molecular formula is C10H11Cl2NTi. The summed E-state index contributed by atoms with van der Waals surface area (Å²) in [6, 6.07) is 4.21. The number of H-pyrrole nitrogens is 1. The second-order valence-electron chi connectivity index (χ2n) is 2.89. The van der Waals surface area contributed by atoms with Crippen molar-refractivity contribution < 1.29 is 42.2 Å². The van der Waals surface area contributed by atoms with Crippen LogP contribution >= 0.6 is 0 Å². The Morgan fingerprint density at radius 1 is 1.36 bits per heavy atom. The van der Waals surface area contributed by atoms with Crippen molar-refractivity contribution in [2.45, 2.75) is 6.42 Å². The Kier molecular flexibility index (Phi) is 6.38. The molecule has 1 nitrogen and oxygen atoms in total. The fourth-order valence-electron chi connectivity index (χ4n) is 1.36. The molecule has 1 aromatic heterocycles. The van der Waals surface area contributed by atoms with Gasteiger partial charge in [-0.15, -0.1) is 0 Å². The van der Waals surface area contributed by atoms with E-state index >= 15 is 0 Å². The van der Waals surface area contributed by atoms with Gasteiger partial charge in [0.25, 0.3) is 0 Å². The van der Waals surface area contributed by atoms with Crippen LogP contribution in [0.5, 0.6) is 0 Å². The van der Waals surface area contributed by atoms with Gasteiger partial charge in [0.1, 0.15) is 0 Å². The number of halogens is 2. The Hall–Kier alpha value is -0.0757. The van der Waals surface area contributed by atoms with Crippen LogP contribution in [0.3, 0.4) is 0 Å². The minimum absolute atomic E-state index is 0. The Balaban J connectivity index is 0.000000845. The van der Waals surface area contributed by atoms with Crippen LogP contribution in [0, 0.1) is 0 Å². The third-order valence-corrected chi connectivity index (χ3v) is 5.37. The van der Waals surface area contributed by atoms with Crippen molar-refractivity contribution in [2.75, 3.05) is 0 Å². The summed E-state index contributed by atoms with van der Waals surface area (Å²) in [5.74, 6) is 0. The van der Waals surface area contributed by atoms with Crippen LogP contribution in [0.15, 0.2) is 40.4 Å². The minimum Gasteiger partial charge on any atom is -1.00 e. The first-order valence-electron chi connectivity index (χ1n) is 4.06. The summed E-state index contributed by atoms with van der Waals surface area (Å²) in [5, 5.41) is 0. The van der Waals surface area contributed by atoms with Gasteiger partial charge in [0.2, 0.25) is 0 Å². The third-order valence-electron chi connectivity index (χ3n) is 2.08. The Bertz CT molecular complexity index is 352. The number of nitrogens with one attached hydrogen (secondary N) is 1. The third kappa shape index (κ3) is 2.96. The predicted octanol–water partition coefficient (Wildman–Crippen LogP) is -4.46. The largest absolute Gasteiger partial charge is 1.00 e. The summed E-state index contributed by atoms with van der Waals surface area (Å²) < 4.78 is 2.92. The van der Waals surface area contributed by atoms with Crippen LogP contribution in [-0.2, 0) is 17.4 Å². The van der Waals surface area contributed by atoms with Gasteiger partial charge in [-0.1, -0.05) is 0 Å². The topological polar surface area (TPSA) is 15.8 Å². The van der Waals surface area contributed by atoms with E-state index in [0.717, 1.165) is 6.42 Å². The fourth-order valence-corrected chi connectivity index (χ4v) is 3.80. The molecular weight excluding hydrogens is 253 g/mol. The van der Waals surface area contributed by atoms with Gasteiger partial charge < -0.3 is 24.8 Å². The van der Waals surface area contributed by atoms with Crippen molar-refractivity contribution in [3.05, 3.63) is 40.4 Å². The van der Waals surface area contributed by atoms with Crippen molar-refractivity contribution >= 4 is 8.82 Å². The standard InChI is InChI=1S/C5H5.C4H4N.CH2.2ClH.Ti/c2*1-2-4-5-3-1;;;;/h1-3H,4H2;1-3,5H;1H2;2*1H;/q;;;;;+2/p-2. The average Bonchev–Trinajstić information content (AvgIpc) is 2.77. The van der Waals surface area contributed by atoms with Gasteiger partial charge in [0.15, 0.2) is 0 Å². The quantitative estimate of drug-likeness (QED) is 0.519. The summed E-state index contributed by atoms with van der Waals surface area (Å²) in [6.45, 7) is 0. The zero-order valence-corrected chi connectivity index (χ0v) is 10.7. The number of hydrogen-bond donors (Lipinski definition) is 1. The molecule has 0 unspecified atom stereocenters. The summed E-state index contributed by atoms with van der Waals surface area (Å²) in [7, 11) is 0. The maximum absolute atomic E-state index is 4.29. The second-order valence-corrected chi connectivity index (χ2v) is 6.23. The van der Waals surface area contributed by atoms with E-state index in [9.17, 15) is 0 Å². The number of aromatic nitrogens is 1. The van der Waals surface area contributed by atoms with Crippen molar-refractivity contribution in [3.8, 4) is 0 Å². The van der Waals surface area contributed by atoms with Gasteiger partial charge in [0, 0.05) is 0 Å². The van der Waals surface area contributed by atoms with Gasteiger partial charge in [-0.25, -0.2) is 0 Å². The van der Waals surface area contributed by atoms with Crippen LogP contribution in [0.2, 0.25) is 0 Å². The molecule has 0 bridgehead atoms. The van der Waals surface area contributed by atoms with Crippen molar-refractivity contribution in [1.29, 1.82) is 0 Å². The molecule has 4 heteroatoms. The van der Waals surface area contributed by atoms with Gasteiger partial charge in [0.05, 0.1) is 0 Å². The molecule has 0 saturated carbocycles. The van der Waals surface area contributed by atoms with Crippen molar-refractivity contribution in [2.24, 2.45) is 0 Å². The molecule has 0 fully saturated rings. The fraction of sp³-hybridized carbons (Fsp3) is 0.100. The molecule has 0 radical (unpaired) electrons. The van der Waals surface area contributed by atoms with E-state index < -0.39 is 17.4 Å². The maximum atomic E-state index is 4.29. The minimum atomic E-state index is -1.34. The molecule has 0 aromatic carbocycles. The van der Waals surface area contributed by atoms with Crippen LogP contribution < -0.4 is 28.8 Å². The van der Waals surface area contributed by atoms with Crippen molar-refractivity contribution in [3.63, 3.8) is 0 Å². The maximum Gasteiger partial charge on any atom is -1.00 e. The number of allylic oxidation sites excluding steroid dienone is 4. The molecule has 0 saturated heterocycles. The van der Waals surface area contributed by atoms with E-state index in [1.54, 1.807) is 3.88 Å². The molecule has 0 amide bonds. The van der Waals surface area contributed by atoms with E-state index in [-0.39, 0.29) is 24.8 Å². The Labute approximate surface area is 102 Å². The molecule has 0 atom stereocenters. The monoisotopic (exact) mass is 263 g/mol. The molecule has 1 heterocycles. The number of aromatic amines is 1. The van der Waals surface area contributed by atoms with E-state index in [1.807, 2.05) is 6.20 Å². The Morgan fingerprint density at radius 3 is 2.64 bits per heavy atom. The first kappa shape index (κ1) is 13.9. The van der Waals surface area contributed by atoms with Gasteiger partial charge >= 0.3 is 78.1 Å². The molecule has 74 valence electrons. The molecule has 0 aliphatic heterocycles.